The van der Waals surface area contributed by atoms with Gasteiger partial charge in [0.05, 0.1) is 12.0 Å². The number of hydrogen-bond acceptors (Lipinski definition) is 2. The van der Waals surface area contributed by atoms with Crippen LogP contribution in [-0.4, -0.2) is 16.2 Å². The fourth-order valence-electron chi connectivity index (χ4n) is 1.80. The first-order valence-electron chi connectivity index (χ1n) is 5.83. The molecule has 0 bridgehead atoms. The third-order valence-electron chi connectivity index (χ3n) is 2.85. The van der Waals surface area contributed by atoms with Gasteiger partial charge in [-0.15, -0.1) is 0 Å². The van der Waals surface area contributed by atoms with Crippen LogP contribution < -0.4 is 0 Å². The zero-order chi connectivity index (χ0) is 13.7. The second-order valence-electron chi connectivity index (χ2n) is 4.20. The molecule has 0 saturated carbocycles. The number of aliphatic hydroxyl groups is 1. The van der Waals surface area contributed by atoms with E-state index in [1.54, 1.807) is 6.07 Å². The second-order valence-corrected chi connectivity index (χ2v) is 5.11. The number of carboxylic acids is 1. The standard InChI is InChI=1S/C13H16BrFO3/c1-2-3-4-10(13(17)18)12(16)9-6-5-8(14)7-11(9)15/h5-7,10,12,16H,2-4H2,1H3,(H,17,18). The van der Waals surface area contributed by atoms with Crippen LogP contribution in [0.2, 0.25) is 0 Å². The third-order valence-corrected chi connectivity index (χ3v) is 3.34. The van der Waals surface area contributed by atoms with Crippen LogP contribution in [0.5, 0.6) is 0 Å². The molecular formula is C13H16BrFO3. The van der Waals surface area contributed by atoms with E-state index < -0.39 is 23.8 Å². The first kappa shape index (κ1) is 15.1. The summed E-state index contributed by atoms with van der Waals surface area (Å²) in [5, 5.41) is 19.1. The van der Waals surface area contributed by atoms with E-state index in [1.165, 1.54) is 12.1 Å². The van der Waals surface area contributed by atoms with Crippen molar-refractivity contribution >= 4 is 21.9 Å². The summed E-state index contributed by atoms with van der Waals surface area (Å²) >= 11 is 3.12. The Kier molecular flexibility index (Phi) is 5.75. The van der Waals surface area contributed by atoms with Gasteiger partial charge in [-0.3, -0.25) is 4.79 Å². The number of rotatable bonds is 6. The second kappa shape index (κ2) is 6.85. The monoisotopic (exact) mass is 318 g/mol. The minimum atomic E-state index is -1.32. The molecule has 0 spiro atoms. The predicted molar refractivity (Wildman–Crippen MR) is 69.7 cm³/mol. The molecule has 0 aliphatic carbocycles. The average Bonchev–Trinajstić information content (AvgIpc) is 2.28. The minimum absolute atomic E-state index is 0.0294. The normalized spacial score (nSPS) is 14.2. The van der Waals surface area contributed by atoms with Crippen molar-refractivity contribution in [2.24, 2.45) is 5.92 Å². The molecule has 18 heavy (non-hydrogen) atoms. The molecular weight excluding hydrogens is 303 g/mol. The summed E-state index contributed by atoms with van der Waals surface area (Å²) in [5.41, 5.74) is 0.0294. The minimum Gasteiger partial charge on any atom is -0.481 e. The van der Waals surface area contributed by atoms with Crippen LogP contribution in [-0.2, 0) is 4.79 Å². The summed E-state index contributed by atoms with van der Waals surface area (Å²) < 4.78 is 14.2. The van der Waals surface area contributed by atoms with Gasteiger partial charge in [0, 0.05) is 10.0 Å². The Hall–Kier alpha value is -0.940. The van der Waals surface area contributed by atoms with E-state index in [9.17, 15) is 14.3 Å². The molecule has 0 fully saturated rings. The highest BCUT2D eigenvalue weighted by Crippen LogP contribution is 2.29. The fraction of sp³-hybridized carbons (Fsp3) is 0.462. The quantitative estimate of drug-likeness (QED) is 0.843. The van der Waals surface area contributed by atoms with E-state index in [1.807, 2.05) is 6.92 Å². The molecule has 0 aliphatic rings. The molecule has 100 valence electrons. The molecule has 0 saturated heterocycles. The van der Waals surface area contributed by atoms with Gasteiger partial charge in [0.2, 0.25) is 0 Å². The van der Waals surface area contributed by atoms with Crippen molar-refractivity contribution in [1.29, 1.82) is 0 Å². The van der Waals surface area contributed by atoms with Gasteiger partial charge >= 0.3 is 5.97 Å². The van der Waals surface area contributed by atoms with Gasteiger partial charge in [-0.1, -0.05) is 41.8 Å². The van der Waals surface area contributed by atoms with E-state index in [-0.39, 0.29) is 5.56 Å². The fourth-order valence-corrected chi connectivity index (χ4v) is 2.13. The summed E-state index contributed by atoms with van der Waals surface area (Å²) in [7, 11) is 0. The van der Waals surface area contributed by atoms with Crippen molar-refractivity contribution in [2.75, 3.05) is 0 Å². The molecule has 2 N–H and O–H groups in total. The number of hydrogen-bond donors (Lipinski definition) is 2. The van der Waals surface area contributed by atoms with Crippen LogP contribution >= 0.6 is 15.9 Å². The van der Waals surface area contributed by atoms with Crippen molar-refractivity contribution in [3.63, 3.8) is 0 Å². The number of benzene rings is 1. The van der Waals surface area contributed by atoms with E-state index in [0.717, 1.165) is 6.42 Å². The van der Waals surface area contributed by atoms with E-state index >= 15 is 0 Å². The number of carbonyl (C=O) groups is 1. The molecule has 0 amide bonds. The van der Waals surface area contributed by atoms with E-state index in [0.29, 0.717) is 17.3 Å². The highest BCUT2D eigenvalue weighted by Gasteiger charge is 2.29. The smallest absolute Gasteiger partial charge is 0.309 e. The lowest BCUT2D eigenvalue weighted by atomic mass is 9.91. The maximum Gasteiger partial charge on any atom is 0.309 e. The van der Waals surface area contributed by atoms with Crippen LogP contribution in [0.15, 0.2) is 22.7 Å². The van der Waals surface area contributed by atoms with Crippen molar-refractivity contribution in [3.8, 4) is 0 Å². The highest BCUT2D eigenvalue weighted by atomic mass is 79.9. The molecule has 3 nitrogen and oxygen atoms in total. The Morgan fingerprint density at radius 2 is 2.17 bits per heavy atom. The van der Waals surface area contributed by atoms with Gasteiger partial charge in [-0.05, 0) is 18.6 Å². The van der Waals surface area contributed by atoms with Crippen molar-refractivity contribution < 1.29 is 19.4 Å². The van der Waals surface area contributed by atoms with Crippen LogP contribution in [0.3, 0.4) is 0 Å². The van der Waals surface area contributed by atoms with Crippen LogP contribution in [0.1, 0.15) is 37.9 Å². The molecule has 1 aromatic rings. The van der Waals surface area contributed by atoms with Crippen molar-refractivity contribution in [2.45, 2.75) is 32.3 Å². The largest absolute Gasteiger partial charge is 0.481 e. The van der Waals surface area contributed by atoms with Gasteiger partial charge in [-0.2, -0.15) is 0 Å². The zero-order valence-corrected chi connectivity index (χ0v) is 11.7. The summed E-state index contributed by atoms with van der Waals surface area (Å²) in [6.45, 7) is 1.94. The third kappa shape index (κ3) is 3.78. The number of unbranched alkanes of at least 4 members (excludes halogenated alkanes) is 1. The predicted octanol–water partition coefficient (Wildman–Crippen LogP) is 3.51. The van der Waals surface area contributed by atoms with Gasteiger partial charge in [0.1, 0.15) is 5.82 Å². The lowest BCUT2D eigenvalue weighted by molar-refractivity contribution is -0.146. The lowest BCUT2D eigenvalue weighted by Gasteiger charge is -2.19. The number of aliphatic hydroxyl groups excluding tert-OH is 1. The van der Waals surface area contributed by atoms with Crippen molar-refractivity contribution in [1.82, 2.24) is 0 Å². The van der Waals surface area contributed by atoms with Gasteiger partial charge in [0.25, 0.3) is 0 Å². The molecule has 0 aromatic heterocycles. The maximum absolute atomic E-state index is 13.7. The zero-order valence-electron chi connectivity index (χ0n) is 10.1. The molecule has 2 unspecified atom stereocenters. The molecule has 2 atom stereocenters. The Morgan fingerprint density at radius 3 is 2.67 bits per heavy atom. The van der Waals surface area contributed by atoms with Crippen LogP contribution in [0.25, 0.3) is 0 Å². The molecule has 1 rings (SSSR count). The molecule has 5 heteroatoms. The van der Waals surface area contributed by atoms with E-state index in [2.05, 4.69) is 15.9 Å². The van der Waals surface area contributed by atoms with Crippen LogP contribution in [0, 0.1) is 11.7 Å². The van der Waals surface area contributed by atoms with Crippen molar-refractivity contribution in [3.05, 3.63) is 34.1 Å². The number of carboxylic acid groups (broad SMARTS) is 1. The van der Waals surface area contributed by atoms with Gasteiger partial charge < -0.3 is 10.2 Å². The average molecular weight is 319 g/mol. The first-order valence-corrected chi connectivity index (χ1v) is 6.62. The Labute approximate surface area is 114 Å². The van der Waals surface area contributed by atoms with Gasteiger partial charge in [0.15, 0.2) is 0 Å². The Morgan fingerprint density at radius 1 is 1.50 bits per heavy atom. The first-order chi connectivity index (χ1) is 8.47. The lowest BCUT2D eigenvalue weighted by Crippen LogP contribution is -2.22. The molecule has 0 heterocycles. The molecule has 0 aliphatic heterocycles. The number of aliphatic carboxylic acids is 1. The topological polar surface area (TPSA) is 57.5 Å². The molecule has 0 radical (unpaired) electrons. The SMILES string of the molecule is CCCCC(C(=O)O)C(O)c1ccc(Br)cc1F. The summed E-state index contributed by atoms with van der Waals surface area (Å²) in [4.78, 5) is 11.1. The van der Waals surface area contributed by atoms with E-state index in [4.69, 9.17) is 5.11 Å². The summed E-state index contributed by atoms with van der Waals surface area (Å²) in [6.07, 6.45) is 0.538. The Bertz CT molecular complexity index is 423. The van der Waals surface area contributed by atoms with Crippen LogP contribution in [0.4, 0.5) is 4.39 Å². The highest BCUT2D eigenvalue weighted by molar-refractivity contribution is 9.10. The summed E-state index contributed by atoms with van der Waals surface area (Å²) in [6, 6.07) is 4.21. The molecule has 1 aromatic carbocycles. The Balaban J connectivity index is 2.94. The summed E-state index contributed by atoms with van der Waals surface area (Å²) in [5.74, 6) is -2.67. The van der Waals surface area contributed by atoms with Gasteiger partial charge in [-0.25, -0.2) is 4.39 Å². The number of halogens is 2. The maximum atomic E-state index is 13.7.